The molecule has 1 aromatic carbocycles. The second-order valence-corrected chi connectivity index (χ2v) is 6.04. The van der Waals surface area contributed by atoms with Crippen molar-refractivity contribution < 1.29 is 9.00 Å². The number of carbonyl (C=O) groups is 1. The second-order valence-electron chi connectivity index (χ2n) is 3.71. The minimum Gasteiger partial charge on any atom is -0.298 e. The number of hydrogen-bond acceptors (Lipinski definition) is 4. The summed E-state index contributed by atoms with van der Waals surface area (Å²) < 4.78 is 11.2. The monoisotopic (exact) mass is 280 g/mol. The van der Waals surface area contributed by atoms with Gasteiger partial charge in [0.2, 0.25) is 0 Å². The van der Waals surface area contributed by atoms with Crippen molar-refractivity contribution >= 4 is 33.2 Å². The van der Waals surface area contributed by atoms with Crippen molar-refractivity contribution in [2.75, 3.05) is 11.6 Å². The van der Waals surface area contributed by atoms with E-state index in [0.717, 1.165) is 5.56 Å². The molecule has 2 rings (SSSR count). The highest BCUT2D eigenvalue weighted by Gasteiger charge is 2.08. The molecule has 1 unspecified atom stereocenters. The predicted octanol–water partition coefficient (Wildman–Crippen LogP) is 2.27. The van der Waals surface area contributed by atoms with E-state index in [1.807, 2.05) is 6.07 Å². The van der Waals surface area contributed by atoms with Crippen LogP contribution in [0, 0.1) is 0 Å². The fourth-order valence-corrected chi connectivity index (χ4v) is 2.66. The molecule has 0 saturated heterocycles. The molecule has 0 aliphatic rings. The third-order valence-electron chi connectivity index (χ3n) is 2.21. The van der Waals surface area contributed by atoms with Gasteiger partial charge in [-0.15, -0.1) is 11.3 Å². The fourth-order valence-electron chi connectivity index (χ4n) is 1.49. The molecule has 2 aromatic rings. The SMILES string of the molecule is CS(=O)Cc1cccc(C(=O)Nc2nccs2)c1. The maximum atomic E-state index is 11.9. The van der Waals surface area contributed by atoms with Crippen molar-refractivity contribution in [1.29, 1.82) is 0 Å². The third-order valence-corrected chi connectivity index (χ3v) is 3.64. The Kier molecular flexibility index (Phi) is 4.22. The smallest absolute Gasteiger partial charge is 0.257 e. The van der Waals surface area contributed by atoms with Gasteiger partial charge >= 0.3 is 0 Å². The Morgan fingerprint density at radius 3 is 3.00 bits per heavy atom. The molecule has 18 heavy (non-hydrogen) atoms. The minimum absolute atomic E-state index is 0.200. The van der Waals surface area contributed by atoms with Crippen molar-refractivity contribution in [3.05, 3.63) is 47.0 Å². The van der Waals surface area contributed by atoms with Gasteiger partial charge < -0.3 is 0 Å². The number of nitrogens with zero attached hydrogens (tertiary/aromatic N) is 1. The standard InChI is InChI=1S/C12H12N2O2S2/c1-18(16)8-9-3-2-4-10(7-9)11(15)14-12-13-5-6-17-12/h2-7H,8H2,1H3,(H,13,14,15). The molecule has 1 aromatic heterocycles. The van der Waals surface area contributed by atoms with Crippen LogP contribution < -0.4 is 5.32 Å². The first-order valence-corrected chi connectivity index (χ1v) is 7.85. The van der Waals surface area contributed by atoms with Crippen molar-refractivity contribution in [2.24, 2.45) is 0 Å². The quantitative estimate of drug-likeness (QED) is 0.934. The lowest BCUT2D eigenvalue weighted by Crippen LogP contribution is -2.12. The molecule has 0 aliphatic carbocycles. The van der Waals surface area contributed by atoms with Gasteiger partial charge in [-0.2, -0.15) is 0 Å². The summed E-state index contributed by atoms with van der Waals surface area (Å²) in [6, 6.07) is 7.13. The first-order chi connectivity index (χ1) is 8.65. The summed E-state index contributed by atoms with van der Waals surface area (Å²) in [5.74, 6) is 0.256. The summed E-state index contributed by atoms with van der Waals surface area (Å²) in [7, 11) is -0.912. The summed E-state index contributed by atoms with van der Waals surface area (Å²) in [5, 5.41) is 5.08. The van der Waals surface area contributed by atoms with Gasteiger partial charge in [0, 0.05) is 39.9 Å². The van der Waals surface area contributed by atoms with Crippen LogP contribution in [0.5, 0.6) is 0 Å². The van der Waals surface area contributed by atoms with Gasteiger partial charge in [0.05, 0.1) is 0 Å². The molecule has 4 nitrogen and oxygen atoms in total. The number of nitrogens with one attached hydrogen (secondary N) is 1. The summed E-state index contributed by atoms with van der Waals surface area (Å²) in [5.41, 5.74) is 1.44. The van der Waals surface area contributed by atoms with E-state index in [1.54, 1.807) is 36.0 Å². The number of thiazole rings is 1. The van der Waals surface area contributed by atoms with Crippen molar-refractivity contribution in [3.8, 4) is 0 Å². The normalized spacial score (nSPS) is 12.1. The van der Waals surface area contributed by atoms with Gasteiger partial charge in [-0.1, -0.05) is 12.1 Å². The van der Waals surface area contributed by atoms with E-state index in [1.165, 1.54) is 11.3 Å². The van der Waals surface area contributed by atoms with E-state index in [2.05, 4.69) is 10.3 Å². The van der Waals surface area contributed by atoms with Gasteiger partial charge in [0.15, 0.2) is 5.13 Å². The molecule has 0 aliphatic heterocycles. The zero-order valence-corrected chi connectivity index (χ0v) is 11.4. The van der Waals surface area contributed by atoms with Crippen molar-refractivity contribution in [3.63, 3.8) is 0 Å². The zero-order valence-electron chi connectivity index (χ0n) is 9.75. The largest absolute Gasteiger partial charge is 0.298 e. The lowest BCUT2D eigenvalue weighted by molar-refractivity contribution is 0.102. The van der Waals surface area contributed by atoms with Gasteiger partial charge in [-0.05, 0) is 17.7 Å². The van der Waals surface area contributed by atoms with E-state index in [-0.39, 0.29) is 5.91 Å². The minimum atomic E-state index is -0.912. The molecule has 1 atom stereocenters. The van der Waals surface area contributed by atoms with Crippen LogP contribution in [0.4, 0.5) is 5.13 Å². The Labute approximate surface area is 112 Å². The van der Waals surface area contributed by atoms with Crippen LogP contribution in [-0.4, -0.2) is 21.4 Å². The van der Waals surface area contributed by atoms with Gasteiger partial charge in [0.25, 0.3) is 5.91 Å². The van der Waals surface area contributed by atoms with E-state index < -0.39 is 10.8 Å². The number of rotatable bonds is 4. The highest BCUT2D eigenvalue weighted by molar-refractivity contribution is 7.83. The number of anilines is 1. The van der Waals surface area contributed by atoms with E-state index in [9.17, 15) is 9.00 Å². The Hall–Kier alpha value is -1.53. The fraction of sp³-hybridized carbons (Fsp3) is 0.167. The summed E-state index contributed by atoms with van der Waals surface area (Å²) >= 11 is 1.37. The number of hydrogen-bond donors (Lipinski definition) is 1. The second kappa shape index (κ2) is 5.88. The topological polar surface area (TPSA) is 59.1 Å². The van der Waals surface area contributed by atoms with E-state index in [4.69, 9.17) is 0 Å². The Balaban J connectivity index is 2.12. The molecule has 0 bridgehead atoms. The molecule has 0 fully saturated rings. The molecular formula is C12H12N2O2S2. The Morgan fingerprint density at radius 1 is 1.50 bits per heavy atom. The number of aromatic nitrogens is 1. The lowest BCUT2D eigenvalue weighted by Gasteiger charge is -2.04. The molecule has 94 valence electrons. The summed E-state index contributed by atoms with van der Waals surface area (Å²) in [4.78, 5) is 15.9. The third kappa shape index (κ3) is 3.48. The van der Waals surface area contributed by atoms with E-state index >= 15 is 0 Å². The molecule has 1 amide bonds. The van der Waals surface area contributed by atoms with Crippen molar-refractivity contribution in [2.45, 2.75) is 5.75 Å². The van der Waals surface area contributed by atoms with Crippen LogP contribution in [0.15, 0.2) is 35.8 Å². The van der Waals surface area contributed by atoms with Crippen LogP contribution in [-0.2, 0) is 16.6 Å². The van der Waals surface area contributed by atoms with Crippen LogP contribution >= 0.6 is 11.3 Å². The number of carbonyl (C=O) groups excluding carboxylic acids is 1. The number of amides is 1. The van der Waals surface area contributed by atoms with E-state index in [0.29, 0.717) is 16.4 Å². The molecule has 0 spiro atoms. The predicted molar refractivity (Wildman–Crippen MR) is 74.3 cm³/mol. The Bertz CT molecular complexity index is 567. The van der Waals surface area contributed by atoms with Crippen LogP contribution in [0.3, 0.4) is 0 Å². The molecule has 0 saturated carbocycles. The molecule has 0 radical (unpaired) electrons. The average molecular weight is 280 g/mol. The summed E-state index contributed by atoms with van der Waals surface area (Å²) in [6.45, 7) is 0. The Morgan fingerprint density at radius 2 is 2.33 bits per heavy atom. The molecule has 6 heteroatoms. The van der Waals surface area contributed by atoms with Crippen LogP contribution in [0.25, 0.3) is 0 Å². The van der Waals surface area contributed by atoms with Crippen LogP contribution in [0.2, 0.25) is 0 Å². The first kappa shape index (κ1) is 12.9. The highest BCUT2D eigenvalue weighted by atomic mass is 32.2. The maximum absolute atomic E-state index is 11.9. The molecular weight excluding hydrogens is 268 g/mol. The molecule has 1 N–H and O–H groups in total. The average Bonchev–Trinajstić information content (AvgIpc) is 2.81. The zero-order chi connectivity index (χ0) is 13.0. The molecule has 1 heterocycles. The van der Waals surface area contributed by atoms with Gasteiger partial charge in [-0.3, -0.25) is 14.3 Å². The van der Waals surface area contributed by atoms with Gasteiger partial charge in [-0.25, -0.2) is 4.98 Å². The van der Waals surface area contributed by atoms with Gasteiger partial charge in [0.1, 0.15) is 0 Å². The maximum Gasteiger partial charge on any atom is 0.257 e. The van der Waals surface area contributed by atoms with Crippen LogP contribution in [0.1, 0.15) is 15.9 Å². The number of benzene rings is 1. The summed E-state index contributed by atoms with van der Waals surface area (Å²) in [6.07, 6.45) is 3.28. The lowest BCUT2D eigenvalue weighted by atomic mass is 10.1. The first-order valence-electron chi connectivity index (χ1n) is 5.25. The van der Waals surface area contributed by atoms with Crippen molar-refractivity contribution in [1.82, 2.24) is 4.98 Å². The highest BCUT2D eigenvalue weighted by Crippen LogP contribution is 2.13.